The zero-order valence-corrected chi connectivity index (χ0v) is 7.61. The molecular formula is C4H13PSe. The second-order valence-electron chi connectivity index (χ2n) is 1.39. The van der Waals surface area contributed by atoms with E-state index in [4.69, 9.17) is 0 Å². The van der Waals surface area contributed by atoms with E-state index < -0.39 is 0 Å². The Labute approximate surface area is 52.8 Å². The average Bonchev–Trinajstić information content (AvgIpc) is 1.38. The minimum atomic E-state index is 0. The van der Waals surface area contributed by atoms with Crippen LogP contribution in [0.3, 0.4) is 0 Å². The third-order valence-electron chi connectivity index (χ3n) is 0.644. The summed E-state index contributed by atoms with van der Waals surface area (Å²) in [4.78, 5) is 0. The predicted octanol–water partition coefficient (Wildman–Crippen LogP) is 0.744. The van der Waals surface area contributed by atoms with Gasteiger partial charge in [0.25, 0.3) is 0 Å². The Balaban J connectivity index is 0. The molecule has 0 aromatic carbocycles. The summed E-state index contributed by atoms with van der Waals surface area (Å²) in [6, 6.07) is 0. The van der Waals surface area contributed by atoms with Gasteiger partial charge in [0.2, 0.25) is 0 Å². The molecular weight excluding hydrogens is 158 g/mol. The molecule has 0 bridgehead atoms. The van der Waals surface area contributed by atoms with Crippen LogP contribution in [0, 0.1) is 0 Å². The summed E-state index contributed by atoms with van der Waals surface area (Å²) >= 11 is 0. The van der Waals surface area contributed by atoms with Gasteiger partial charge in [0.1, 0.15) is 0 Å². The molecule has 6 heavy (non-hydrogen) atoms. The average molecular weight is 171 g/mol. The van der Waals surface area contributed by atoms with E-state index in [1.807, 2.05) is 0 Å². The topological polar surface area (TPSA) is 0 Å². The van der Waals surface area contributed by atoms with E-state index in [0.717, 1.165) is 5.66 Å². The van der Waals surface area contributed by atoms with Crippen LogP contribution in [0.25, 0.3) is 0 Å². The molecule has 0 rings (SSSR count). The van der Waals surface area contributed by atoms with Crippen LogP contribution in [-0.4, -0.2) is 22.7 Å². The second kappa shape index (κ2) is 5.95. The van der Waals surface area contributed by atoms with E-state index in [0.29, 0.717) is 0 Å². The Morgan fingerprint density at radius 1 is 1.67 bits per heavy atom. The Morgan fingerprint density at radius 2 is 1.83 bits per heavy atom. The van der Waals surface area contributed by atoms with Crippen molar-refractivity contribution in [3.8, 4) is 0 Å². The third kappa shape index (κ3) is 8.87. The number of hydrogen-bond donors (Lipinski definition) is 0. The standard InChI is InChI=1S/C4H11P.H2Se/c1-3-4(2)5;/h4H,3,5H2,1-2H3;1H2. The Morgan fingerprint density at radius 3 is 1.83 bits per heavy atom. The van der Waals surface area contributed by atoms with E-state index in [1.165, 1.54) is 6.42 Å². The number of rotatable bonds is 1. The van der Waals surface area contributed by atoms with Gasteiger partial charge in [-0.2, -0.15) is 0 Å². The predicted molar refractivity (Wildman–Crippen MR) is 38.0 cm³/mol. The summed E-state index contributed by atoms with van der Waals surface area (Å²) in [5, 5.41) is 0. The summed E-state index contributed by atoms with van der Waals surface area (Å²) in [5.74, 6) is 0. The van der Waals surface area contributed by atoms with Crippen LogP contribution in [0.5, 0.6) is 0 Å². The molecule has 2 heteroatoms. The maximum absolute atomic E-state index is 2.73. The van der Waals surface area contributed by atoms with Crippen LogP contribution in [0.1, 0.15) is 20.3 Å². The summed E-state index contributed by atoms with van der Waals surface area (Å²) in [6.07, 6.45) is 1.27. The first kappa shape index (κ1) is 10.0. The van der Waals surface area contributed by atoms with Gasteiger partial charge in [-0.05, 0) is 5.66 Å². The molecule has 0 amide bonds. The van der Waals surface area contributed by atoms with Crippen LogP contribution in [0.4, 0.5) is 0 Å². The van der Waals surface area contributed by atoms with Crippen molar-refractivity contribution in [3.63, 3.8) is 0 Å². The van der Waals surface area contributed by atoms with E-state index in [1.54, 1.807) is 0 Å². The fourth-order valence-electron chi connectivity index (χ4n) is 0. The molecule has 0 fully saturated rings. The molecule has 0 nitrogen and oxygen atoms in total. The van der Waals surface area contributed by atoms with Gasteiger partial charge in [0.15, 0.2) is 0 Å². The molecule has 0 aliphatic rings. The van der Waals surface area contributed by atoms with E-state index in [2.05, 4.69) is 23.1 Å². The van der Waals surface area contributed by atoms with Crippen molar-refractivity contribution in [3.05, 3.63) is 0 Å². The van der Waals surface area contributed by atoms with Crippen molar-refractivity contribution in [1.82, 2.24) is 0 Å². The van der Waals surface area contributed by atoms with Crippen LogP contribution in [0.15, 0.2) is 0 Å². The van der Waals surface area contributed by atoms with Gasteiger partial charge < -0.3 is 0 Å². The van der Waals surface area contributed by atoms with Gasteiger partial charge in [0, 0.05) is 0 Å². The van der Waals surface area contributed by atoms with Gasteiger partial charge >= 0.3 is 17.1 Å². The van der Waals surface area contributed by atoms with Gasteiger partial charge in [-0.3, -0.25) is 0 Å². The quantitative estimate of drug-likeness (QED) is 0.403. The molecule has 0 spiro atoms. The molecule has 2 atom stereocenters. The van der Waals surface area contributed by atoms with Crippen LogP contribution >= 0.6 is 9.24 Å². The Hall–Kier alpha value is 0.949. The first-order valence-electron chi connectivity index (χ1n) is 2.03. The molecule has 0 aromatic heterocycles. The molecule has 0 N–H and O–H groups in total. The van der Waals surface area contributed by atoms with E-state index >= 15 is 0 Å². The third-order valence-corrected chi connectivity index (χ3v) is 1.12. The van der Waals surface area contributed by atoms with Crippen molar-refractivity contribution in [2.24, 2.45) is 0 Å². The molecule has 0 saturated carbocycles. The molecule has 0 heterocycles. The summed E-state index contributed by atoms with van der Waals surface area (Å²) in [5.41, 5.74) is 0.801. The SMILES string of the molecule is CCC(C)P.[SeH2]. The fraction of sp³-hybridized carbons (Fsp3) is 1.00. The molecule has 0 aromatic rings. The maximum atomic E-state index is 2.73. The van der Waals surface area contributed by atoms with Crippen molar-refractivity contribution in [2.45, 2.75) is 25.9 Å². The van der Waals surface area contributed by atoms with Crippen molar-refractivity contribution >= 4 is 26.3 Å². The Bertz CT molecular complexity index is 21.5. The van der Waals surface area contributed by atoms with Crippen molar-refractivity contribution < 1.29 is 0 Å². The monoisotopic (exact) mass is 172 g/mol. The zero-order valence-electron chi connectivity index (χ0n) is 4.36. The fourth-order valence-corrected chi connectivity index (χ4v) is 0. The van der Waals surface area contributed by atoms with Crippen molar-refractivity contribution in [2.75, 3.05) is 0 Å². The van der Waals surface area contributed by atoms with Crippen LogP contribution in [0.2, 0.25) is 0 Å². The Kier molecular flexibility index (Phi) is 9.96. The van der Waals surface area contributed by atoms with E-state index in [-0.39, 0.29) is 17.1 Å². The molecule has 0 saturated heterocycles. The molecule has 0 aliphatic heterocycles. The summed E-state index contributed by atoms with van der Waals surface area (Å²) in [6.45, 7) is 4.36. The minimum absolute atomic E-state index is 0. The van der Waals surface area contributed by atoms with Gasteiger partial charge in [-0.1, -0.05) is 20.3 Å². The van der Waals surface area contributed by atoms with Gasteiger partial charge in [0.05, 0.1) is 0 Å². The summed E-state index contributed by atoms with van der Waals surface area (Å²) < 4.78 is 0. The van der Waals surface area contributed by atoms with Crippen LogP contribution < -0.4 is 0 Å². The summed E-state index contributed by atoms with van der Waals surface area (Å²) in [7, 11) is 2.73. The molecule has 0 radical (unpaired) electrons. The van der Waals surface area contributed by atoms with E-state index in [9.17, 15) is 0 Å². The molecule has 0 aliphatic carbocycles. The molecule has 40 valence electrons. The van der Waals surface area contributed by atoms with Crippen LogP contribution in [-0.2, 0) is 0 Å². The number of hydrogen-bond acceptors (Lipinski definition) is 0. The first-order valence-corrected chi connectivity index (χ1v) is 2.69. The second-order valence-corrected chi connectivity index (χ2v) is 2.52. The normalized spacial score (nSPS) is 12.5. The molecule has 2 unspecified atom stereocenters. The first-order chi connectivity index (χ1) is 2.27. The van der Waals surface area contributed by atoms with Gasteiger partial charge in [-0.15, -0.1) is 9.24 Å². The van der Waals surface area contributed by atoms with Gasteiger partial charge in [-0.25, -0.2) is 0 Å². The zero-order chi connectivity index (χ0) is 4.28. The van der Waals surface area contributed by atoms with Crippen molar-refractivity contribution in [1.29, 1.82) is 0 Å².